The first-order valence-corrected chi connectivity index (χ1v) is 5.74. The molecule has 17 heavy (non-hydrogen) atoms. The first-order valence-electron chi connectivity index (χ1n) is 5.74. The van der Waals surface area contributed by atoms with Crippen molar-refractivity contribution in [3.63, 3.8) is 0 Å². The van der Waals surface area contributed by atoms with Crippen LogP contribution in [0, 0.1) is 5.82 Å². The van der Waals surface area contributed by atoms with E-state index in [1.165, 1.54) is 13.2 Å². The fourth-order valence-electron chi connectivity index (χ4n) is 1.73. The molecule has 2 N–H and O–H groups in total. The monoisotopic (exact) mass is 241 g/mol. The van der Waals surface area contributed by atoms with Crippen LogP contribution in [0.15, 0.2) is 18.2 Å². The van der Waals surface area contributed by atoms with Crippen molar-refractivity contribution in [3.8, 4) is 5.75 Å². The molecule has 1 atom stereocenters. The van der Waals surface area contributed by atoms with Crippen molar-refractivity contribution in [2.45, 2.75) is 25.3 Å². The van der Waals surface area contributed by atoms with Crippen LogP contribution in [-0.4, -0.2) is 26.9 Å². The molecule has 0 heterocycles. The van der Waals surface area contributed by atoms with Gasteiger partial charge in [0.25, 0.3) is 0 Å². The molecule has 3 nitrogen and oxygen atoms in total. The van der Waals surface area contributed by atoms with E-state index in [2.05, 4.69) is 0 Å². The van der Waals surface area contributed by atoms with E-state index in [1.54, 1.807) is 13.2 Å². The number of nitrogens with two attached hydrogens (primary N) is 1. The second-order valence-corrected chi connectivity index (χ2v) is 4.07. The highest BCUT2D eigenvalue weighted by atomic mass is 19.1. The van der Waals surface area contributed by atoms with Gasteiger partial charge < -0.3 is 15.2 Å². The number of hydrogen-bond acceptors (Lipinski definition) is 3. The lowest BCUT2D eigenvalue weighted by Gasteiger charge is -2.12. The summed E-state index contributed by atoms with van der Waals surface area (Å²) >= 11 is 0. The SMILES string of the molecule is COCCCC(N)Cc1ccc(OC)c(F)c1. The van der Waals surface area contributed by atoms with Crippen molar-refractivity contribution in [2.24, 2.45) is 5.73 Å². The molecule has 0 fully saturated rings. The van der Waals surface area contributed by atoms with Gasteiger partial charge in [-0.3, -0.25) is 0 Å². The third-order valence-corrected chi connectivity index (χ3v) is 2.64. The molecule has 1 aromatic carbocycles. The summed E-state index contributed by atoms with van der Waals surface area (Å²) in [6, 6.07) is 5.00. The zero-order valence-electron chi connectivity index (χ0n) is 10.4. The lowest BCUT2D eigenvalue weighted by atomic mass is 10.0. The highest BCUT2D eigenvalue weighted by molar-refractivity contribution is 5.29. The van der Waals surface area contributed by atoms with E-state index < -0.39 is 0 Å². The van der Waals surface area contributed by atoms with Gasteiger partial charge in [-0.25, -0.2) is 4.39 Å². The zero-order valence-corrected chi connectivity index (χ0v) is 10.4. The van der Waals surface area contributed by atoms with E-state index in [0.717, 1.165) is 18.4 Å². The lowest BCUT2D eigenvalue weighted by molar-refractivity contribution is 0.190. The van der Waals surface area contributed by atoms with Crippen LogP contribution in [0.4, 0.5) is 4.39 Å². The Balaban J connectivity index is 2.48. The van der Waals surface area contributed by atoms with E-state index in [9.17, 15) is 4.39 Å². The Morgan fingerprint density at radius 2 is 2.12 bits per heavy atom. The molecule has 0 aliphatic rings. The highest BCUT2D eigenvalue weighted by Crippen LogP contribution is 2.18. The molecule has 1 unspecified atom stereocenters. The van der Waals surface area contributed by atoms with Crippen LogP contribution in [-0.2, 0) is 11.2 Å². The Bertz CT molecular complexity index is 344. The van der Waals surface area contributed by atoms with Crippen molar-refractivity contribution < 1.29 is 13.9 Å². The van der Waals surface area contributed by atoms with Gasteiger partial charge in [0.05, 0.1) is 7.11 Å². The van der Waals surface area contributed by atoms with Crippen molar-refractivity contribution in [3.05, 3.63) is 29.6 Å². The van der Waals surface area contributed by atoms with Gasteiger partial charge in [-0.05, 0) is 37.0 Å². The number of hydrogen-bond donors (Lipinski definition) is 1. The maximum atomic E-state index is 13.4. The molecule has 1 rings (SSSR count). The third-order valence-electron chi connectivity index (χ3n) is 2.64. The second-order valence-electron chi connectivity index (χ2n) is 4.07. The van der Waals surface area contributed by atoms with Gasteiger partial charge >= 0.3 is 0 Å². The van der Waals surface area contributed by atoms with Gasteiger partial charge in [-0.1, -0.05) is 6.07 Å². The number of halogens is 1. The minimum atomic E-state index is -0.339. The fraction of sp³-hybridized carbons (Fsp3) is 0.538. The smallest absolute Gasteiger partial charge is 0.165 e. The fourth-order valence-corrected chi connectivity index (χ4v) is 1.73. The second kappa shape index (κ2) is 7.25. The molecule has 0 aromatic heterocycles. The molecule has 0 radical (unpaired) electrons. The van der Waals surface area contributed by atoms with E-state index in [4.69, 9.17) is 15.2 Å². The lowest BCUT2D eigenvalue weighted by Crippen LogP contribution is -2.23. The van der Waals surface area contributed by atoms with Crippen molar-refractivity contribution >= 4 is 0 Å². The van der Waals surface area contributed by atoms with Gasteiger partial charge in [-0.2, -0.15) is 0 Å². The molecule has 0 saturated heterocycles. The first kappa shape index (κ1) is 13.9. The average Bonchev–Trinajstić information content (AvgIpc) is 2.29. The molecule has 0 aliphatic carbocycles. The topological polar surface area (TPSA) is 44.5 Å². The molecule has 4 heteroatoms. The summed E-state index contributed by atoms with van der Waals surface area (Å²) in [6.45, 7) is 0.713. The highest BCUT2D eigenvalue weighted by Gasteiger charge is 2.07. The maximum absolute atomic E-state index is 13.4. The maximum Gasteiger partial charge on any atom is 0.165 e. The quantitative estimate of drug-likeness (QED) is 0.744. The van der Waals surface area contributed by atoms with Gasteiger partial charge in [0, 0.05) is 19.8 Å². The summed E-state index contributed by atoms with van der Waals surface area (Å²) in [5, 5.41) is 0. The molecule has 0 bridgehead atoms. The van der Waals surface area contributed by atoms with Gasteiger partial charge in [0.2, 0.25) is 0 Å². The molecular formula is C13H20FNO2. The van der Waals surface area contributed by atoms with Crippen molar-refractivity contribution in [2.75, 3.05) is 20.8 Å². The van der Waals surface area contributed by atoms with E-state index in [1.807, 2.05) is 6.07 Å². The van der Waals surface area contributed by atoms with Crippen molar-refractivity contribution in [1.82, 2.24) is 0 Å². The molecule has 0 saturated carbocycles. The summed E-state index contributed by atoms with van der Waals surface area (Å²) < 4.78 is 23.2. The standard InChI is InChI=1S/C13H20FNO2/c1-16-7-3-4-11(15)8-10-5-6-13(17-2)12(14)9-10/h5-6,9,11H,3-4,7-8,15H2,1-2H3. The molecular weight excluding hydrogens is 221 g/mol. The van der Waals surface area contributed by atoms with E-state index in [0.29, 0.717) is 13.0 Å². The van der Waals surface area contributed by atoms with Crippen LogP contribution in [0.2, 0.25) is 0 Å². The summed E-state index contributed by atoms with van der Waals surface area (Å²) in [7, 11) is 3.12. The molecule has 0 aliphatic heterocycles. The third kappa shape index (κ3) is 4.71. The number of benzene rings is 1. The van der Waals surface area contributed by atoms with Crippen LogP contribution in [0.5, 0.6) is 5.75 Å². The Hall–Kier alpha value is -1.13. The number of ether oxygens (including phenoxy) is 2. The summed E-state index contributed by atoms with van der Waals surface area (Å²) in [5.41, 5.74) is 6.85. The molecule has 96 valence electrons. The van der Waals surface area contributed by atoms with Crippen LogP contribution in [0.3, 0.4) is 0 Å². The largest absolute Gasteiger partial charge is 0.494 e. The van der Waals surface area contributed by atoms with Crippen LogP contribution in [0.25, 0.3) is 0 Å². The van der Waals surface area contributed by atoms with Crippen LogP contribution < -0.4 is 10.5 Å². The van der Waals surface area contributed by atoms with E-state index >= 15 is 0 Å². The van der Waals surface area contributed by atoms with Crippen molar-refractivity contribution in [1.29, 1.82) is 0 Å². The zero-order chi connectivity index (χ0) is 12.7. The number of methoxy groups -OCH3 is 2. The molecule has 0 spiro atoms. The summed E-state index contributed by atoms with van der Waals surface area (Å²) in [6.07, 6.45) is 2.47. The predicted molar refractivity (Wildman–Crippen MR) is 65.7 cm³/mol. The molecule has 0 amide bonds. The minimum absolute atomic E-state index is 0.0398. The summed E-state index contributed by atoms with van der Waals surface area (Å²) in [4.78, 5) is 0. The molecule has 1 aromatic rings. The van der Waals surface area contributed by atoms with Gasteiger partial charge in [0.1, 0.15) is 0 Å². The van der Waals surface area contributed by atoms with Crippen LogP contribution in [0.1, 0.15) is 18.4 Å². The Labute approximate surface area is 102 Å². The minimum Gasteiger partial charge on any atom is -0.494 e. The van der Waals surface area contributed by atoms with Crippen LogP contribution >= 0.6 is 0 Å². The van der Waals surface area contributed by atoms with Gasteiger partial charge in [-0.15, -0.1) is 0 Å². The van der Waals surface area contributed by atoms with Gasteiger partial charge in [0.15, 0.2) is 11.6 Å². The Morgan fingerprint density at radius 1 is 1.35 bits per heavy atom. The normalized spacial score (nSPS) is 12.5. The summed E-state index contributed by atoms with van der Waals surface area (Å²) in [5.74, 6) is -0.0733. The Kier molecular flexibility index (Phi) is 5.94. The average molecular weight is 241 g/mol. The Morgan fingerprint density at radius 3 is 2.71 bits per heavy atom. The first-order chi connectivity index (χ1) is 8.17. The predicted octanol–water partition coefficient (Wildman–Crippen LogP) is 2.13. The number of rotatable bonds is 7. The van der Waals surface area contributed by atoms with E-state index in [-0.39, 0.29) is 17.6 Å².